The Kier molecular flexibility index (Phi) is 6.95. The van der Waals surface area contributed by atoms with Crippen LogP contribution in [0, 0.1) is 18.8 Å². The molecule has 1 heterocycles. The minimum Gasteiger partial charge on any atom is -0.481 e. The van der Waals surface area contributed by atoms with E-state index < -0.39 is 5.97 Å². The summed E-state index contributed by atoms with van der Waals surface area (Å²) in [5.41, 5.74) is 2.13. The first-order chi connectivity index (χ1) is 12.0. The highest BCUT2D eigenvalue weighted by molar-refractivity contribution is 5.70. The van der Waals surface area contributed by atoms with Gasteiger partial charge >= 0.3 is 5.97 Å². The molecule has 0 aliphatic heterocycles. The highest BCUT2D eigenvalue weighted by Gasteiger charge is 2.18. The smallest absolute Gasteiger partial charge is 0.307 e. The zero-order valence-corrected chi connectivity index (χ0v) is 15.0. The number of carbonyl (C=O) groups is 1. The van der Waals surface area contributed by atoms with Crippen molar-refractivity contribution >= 4 is 5.97 Å². The summed E-state index contributed by atoms with van der Waals surface area (Å²) in [6.07, 6.45) is 4.06. The molecule has 5 heteroatoms. The molecule has 2 aromatic rings. The second kappa shape index (κ2) is 9.18. The quantitative estimate of drug-likeness (QED) is 0.720. The number of hydrogen-bond donors (Lipinski definition) is 2. The third-order valence-corrected chi connectivity index (χ3v) is 3.93. The van der Waals surface area contributed by atoms with Gasteiger partial charge in [0.25, 0.3) is 0 Å². The predicted molar refractivity (Wildman–Crippen MR) is 97.8 cm³/mol. The molecule has 0 amide bonds. The van der Waals surface area contributed by atoms with Gasteiger partial charge in [-0.15, -0.1) is 0 Å². The lowest BCUT2D eigenvalue weighted by Gasteiger charge is -2.16. The first-order valence-corrected chi connectivity index (χ1v) is 8.56. The Morgan fingerprint density at radius 3 is 2.72 bits per heavy atom. The van der Waals surface area contributed by atoms with Gasteiger partial charge in [0.15, 0.2) is 0 Å². The van der Waals surface area contributed by atoms with Crippen LogP contribution in [0.3, 0.4) is 0 Å². The molecular weight excluding hydrogens is 316 g/mol. The predicted octanol–water partition coefficient (Wildman–Crippen LogP) is 4.02. The number of aryl methyl sites for hydroxylation is 1. The van der Waals surface area contributed by atoms with E-state index in [0.717, 1.165) is 16.9 Å². The number of benzene rings is 1. The topological polar surface area (TPSA) is 71.5 Å². The zero-order valence-electron chi connectivity index (χ0n) is 15.0. The van der Waals surface area contributed by atoms with Gasteiger partial charge in [0.05, 0.1) is 12.1 Å². The van der Waals surface area contributed by atoms with Crippen LogP contribution < -0.4 is 10.1 Å². The third kappa shape index (κ3) is 6.19. The van der Waals surface area contributed by atoms with Gasteiger partial charge in [-0.05, 0) is 48.6 Å². The summed E-state index contributed by atoms with van der Waals surface area (Å²) in [7, 11) is 0. The van der Waals surface area contributed by atoms with Crippen molar-refractivity contribution in [3.05, 3.63) is 53.9 Å². The lowest BCUT2D eigenvalue weighted by molar-refractivity contribution is -0.142. The van der Waals surface area contributed by atoms with E-state index in [1.807, 2.05) is 45.0 Å². The summed E-state index contributed by atoms with van der Waals surface area (Å²) in [6.45, 7) is 7.19. The summed E-state index contributed by atoms with van der Waals surface area (Å²) in [6, 6.07) is 9.67. The van der Waals surface area contributed by atoms with Gasteiger partial charge in [-0.1, -0.05) is 26.0 Å². The lowest BCUT2D eigenvalue weighted by atomic mass is 9.97. The highest BCUT2D eigenvalue weighted by Crippen LogP contribution is 2.25. The second-order valence-electron chi connectivity index (χ2n) is 6.69. The molecule has 2 rings (SSSR count). The van der Waals surface area contributed by atoms with Crippen LogP contribution in [0.25, 0.3) is 0 Å². The number of nitrogens with zero attached hydrogens (tertiary/aromatic N) is 1. The Bertz CT molecular complexity index is 687. The molecule has 134 valence electrons. The fourth-order valence-electron chi connectivity index (χ4n) is 2.70. The monoisotopic (exact) mass is 342 g/mol. The number of carboxylic acids is 1. The first kappa shape index (κ1) is 18.9. The minimum absolute atomic E-state index is 0.353. The summed E-state index contributed by atoms with van der Waals surface area (Å²) in [5.74, 6) is 0.773. The van der Waals surface area contributed by atoms with Crippen molar-refractivity contribution in [2.24, 2.45) is 11.8 Å². The fourth-order valence-corrected chi connectivity index (χ4v) is 2.70. The number of aromatic nitrogens is 1. The molecule has 0 spiro atoms. The fraction of sp³-hybridized carbons (Fsp3) is 0.400. The number of ether oxygens (including phenoxy) is 1. The van der Waals surface area contributed by atoms with Crippen molar-refractivity contribution in [2.45, 2.75) is 33.7 Å². The lowest BCUT2D eigenvalue weighted by Crippen LogP contribution is -2.29. The van der Waals surface area contributed by atoms with Crippen LogP contribution in [0.5, 0.6) is 11.5 Å². The molecule has 1 aromatic carbocycles. The van der Waals surface area contributed by atoms with Crippen molar-refractivity contribution in [1.29, 1.82) is 0 Å². The molecule has 0 aliphatic carbocycles. The Balaban J connectivity index is 1.91. The van der Waals surface area contributed by atoms with Gasteiger partial charge in [0.2, 0.25) is 0 Å². The molecule has 0 saturated carbocycles. The van der Waals surface area contributed by atoms with Crippen molar-refractivity contribution in [3.8, 4) is 11.5 Å². The van der Waals surface area contributed by atoms with Crippen molar-refractivity contribution < 1.29 is 14.6 Å². The molecule has 0 bridgehead atoms. The van der Waals surface area contributed by atoms with Gasteiger partial charge in [0, 0.05) is 19.3 Å². The molecule has 0 fully saturated rings. The van der Waals surface area contributed by atoms with E-state index in [-0.39, 0.29) is 5.92 Å². The van der Waals surface area contributed by atoms with Gasteiger partial charge in [-0.3, -0.25) is 9.78 Å². The maximum atomic E-state index is 11.3. The van der Waals surface area contributed by atoms with Crippen molar-refractivity contribution in [3.63, 3.8) is 0 Å². The van der Waals surface area contributed by atoms with Crippen molar-refractivity contribution in [2.75, 3.05) is 6.54 Å². The minimum atomic E-state index is -0.738. The largest absolute Gasteiger partial charge is 0.481 e. The maximum absolute atomic E-state index is 11.3. The number of pyridine rings is 1. The number of carboxylic acid groups (broad SMARTS) is 1. The molecule has 0 radical (unpaired) electrons. The molecule has 25 heavy (non-hydrogen) atoms. The summed E-state index contributed by atoms with van der Waals surface area (Å²) in [5, 5.41) is 12.5. The number of nitrogens with one attached hydrogen (secondary N) is 1. The maximum Gasteiger partial charge on any atom is 0.307 e. The normalized spacial score (nSPS) is 12.2. The molecule has 1 aromatic heterocycles. The molecule has 5 nitrogen and oxygen atoms in total. The van der Waals surface area contributed by atoms with E-state index in [9.17, 15) is 9.90 Å². The molecule has 1 unspecified atom stereocenters. The third-order valence-electron chi connectivity index (χ3n) is 3.93. The molecule has 0 aliphatic rings. The van der Waals surface area contributed by atoms with Crippen LogP contribution in [0.4, 0.5) is 0 Å². The average molecular weight is 342 g/mol. The van der Waals surface area contributed by atoms with Crippen LogP contribution in [0.1, 0.15) is 31.4 Å². The average Bonchev–Trinajstić information content (AvgIpc) is 2.57. The first-order valence-electron chi connectivity index (χ1n) is 8.56. The van der Waals surface area contributed by atoms with E-state index in [1.54, 1.807) is 12.4 Å². The Morgan fingerprint density at radius 2 is 2.12 bits per heavy atom. The van der Waals surface area contributed by atoms with Crippen LogP contribution in [0.2, 0.25) is 0 Å². The number of aliphatic carboxylic acids is 1. The van der Waals surface area contributed by atoms with Crippen LogP contribution in [-0.2, 0) is 11.3 Å². The van der Waals surface area contributed by atoms with E-state index >= 15 is 0 Å². The van der Waals surface area contributed by atoms with E-state index in [0.29, 0.717) is 31.2 Å². The zero-order chi connectivity index (χ0) is 18.2. The SMILES string of the molecule is Cc1cc(CNCC(CC(C)C)C(=O)O)ccc1Oc1cccnc1. The Morgan fingerprint density at radius 1 is 1.32 bits per heavy atom. The van der Waals surface area contributed by atoms with Crippen LogP contribution >= 0.6 is 0 Å². The van der Waals surface area contributed by atoms with Gasteiger partial charge < -0.3 is 15.2 Å². The van der Waals surface area contributed by atoms with Gasteiger partial charge in [0.1, 0.15) is 11.5 Å². The summed E-state index contributed by atoms with van der Waals surface area (Å²) in [4.78, 5) is 15.3. The summed E-state index contributed by atoms with van der Waals surface area (Å²) < 4.78 is 5.82. The van der Waals surface area contributed by atoms with Crippen LogP contribution in [0.15, 0.2) is 42.7 Å². The van der Waals surface area contributed by atoms with E-state index in [2.05, 4.69) is 16.4 Å². The molecular formula is C20H26N2O3. The number of hydrogen-bond acceptors (Lipinski definition) is 4. The van der Waals surface area contributed by atoms with Crippen molar-refractivity contribution in [1.82, 2.24) is 10.3 Å². The molecule has 2 N–H and O–H groups in total. The highest BCUT2D eigenvalue weighted by atomic mass is 16.5. The van der Waals surface area contributed by atoms with E-state index in [4.69, 9.17) is 4.74 Å². The molecule has 0 saturated heterocycles. The number of rotatable bonds is 9. The van der Waals surface area contributed by atoms with E-state index in [1.165, 1.54) is 0 Å². The van der Waals surface area contributed by atoms with Crippen LogP contribution in [-0.4, -0.2) is 22.6 Å². The Hall–Kier alpha value is -2.40. The summed E-state index contributed by atoms with van der Waals surface area (Å²) >= 11 is 0. The molecule has 1 atom stereocenters. The van der Waals surface area contributed by atoms with Gasteiger partial charge in [-0.25, -0.2) is 0 Å². The second-order valence-corrected chi connectivity index (χ2v) is 6.69. The standard InChI is InChI=1S/C20H26N2O3/c1-14(2)9-17(20(23)24)12-22-11-16-6-7-19(15(3)10-16)25-18-5-4-8-21-13-18/h4-8,10,13-14,17,22H,9,11-12H2,1-3H3,(H,23,24). The Labute approximate surface area is 149 Å². The van der Waals surface area contributed by atoms with Gasteiger partial charge in [-0.2, -0.15) is 0 Å².